The molecule has 114 valence electrons. The Kier molecular flexibility index (Phi) is 5.57. The number of aromatic amines is 1. The summed E-state index contributed by atoms with van der Waals surface area (Å²) in [6, 6.07) is 0. The first-order valence-corrected chi connectivity index (χ1v) is 7.65. The van der Waals surface area contributed by atoms with Crippen LogP contribution in [-0.2, 0) is 11.3 Å². The average molecular weight is 280 g/mol. The van der Waals surface area contributed by atoms with Crippen LogP contribution in [0, 0.1) is 13.8 Å². The maximum absolute atomic E-state index is 5.75. The summed E-state index contributed by atoms with van der Waals surface area (Å²) in [5.41, 5.74) is 3.58. The van der Waals surface area contributed by atoms with Crippen LogP contribution < -0.4 is 5.32 Å². The van der Waals surface area contributed by atoms with E-state index < -0.39 is 0 Å². The molecule has 1 aromatic rings. The monoisotopic (exact) mass is 280 g/mol. The van der Waals surface area contributed by atoms with Gasteiger partial charge < -0.3 is 10.1 Å². The standard InChI is InChI=1S/C15H28N4O/c1-11-9-19(10-12(2)20-11)7-5-6-16-8-15-13(3)17-18-14(15)4/h11-12,16H,5-10H2,1-4H3,(H,17,18)/t11-,12-/m0/s1. The first kappa shape index (κ1) is 15.5. The lowest BCUT2D eigenvalue weighted by atomic mass is 10.2. The molecular formula is C15H28N4O. The maximum atomic E-state index is 5.75. The van der Waals surface area contributed by atoms with Gasteiger partial charge in [-0.3, -0.25) is 10.00 Å². The molecule has 1 fully saturated rings. The van der Waals surface area contributed by atoms with Crippen molar-refractivity contribution in [3.05, 3.63) is 17.0 Å². The molecule has 20 heavy (non-hydrogen) atoms. The third-order valence-electron chi connectivity index (χ3n) is 3.91. The molecule has 2 atom stereocenters. The van der Waals surface area contributed by atoms with E-state index in [9.17, 15) is 0 Å². The molecule has 1 aliphatic rings. The third kappa shape index (κ3) is 4.30. The van der Waals surface area contributed by atoms with Crippen molar-refractivity contribution in [2.45, 2.75) is 52.9 Å². The van der Waals surface area contributed by atoms with Crippen molar-refractivity contribution in [1.82, 2.24) is 20.4 Å². The van der Waals surface area contributed by atoms with E-state index in [1.807, 2.05) is 0 Å². The zero-order valence-electron chi connectivity index (χ0n) is 13.2. The molecule has 5 nitrogen and oxygen atoms in total. The van der Waals surface area contributed by atoms with Crippen LogP contribution in [0.4, 0.5) is 0 Å². The van der Waals surface area contributed by atoms with Gasteiger partial charge in [-0.05, 0) is 47.2 Å². The van der Waals surface area contributed by atoms with Gasteiger partial charge >= 0.3 is 0 Å². The first-order valence-electron chi connectivity index (χ1n) is 7.65. The number of nitrogens with zero attached hydrogens (tertiary/aromatic N) is 2. The van der Waals surface area contributed by atoms with Crippen LogP contribution in [0.2, 0.25) is 0 Å². The van der Waals surface area contributed by atoms with Crippen molar-refractivity contribution in [2.24, 2.45) is 0 Å². The van der Waals surface area contributed by atoms with Crippen molar-refractivity contribution in [2.75, 3.05) is 26.2 Å². The number of aryl methyl sites for hydroxylation is 2. The van der Waals surface area contributed by atoms with Crippen LogP contribution in [0.1, 0.15) is 37.2 Å². The molecule has 0 unspecified atom stereocenters. The Morgan fingerprint density at radius 1 is 1.30 bits per heavy atom. The molecule has 0 radical (unpaired) electrons. The summed E-state index contributed by atoms with van der Waals surface area (Å²) in [5.74, 6) is 0. The number of H-pyrrole nitrogens is 1. The van der Waals surface area contributed by atoms with Crippen LogP contribution in [0.5, 0.6) is 0 Å². The number of ether oxygens (including phenoxy) is 1. The van der Waals surface area contributed by atoms with Gasteiger partial charge in [0, 0.05) is 30.9 Å². The molecule has 2 N–H and O–H groups in total. The summed E-state index contributed by atoms with van der Waals surface area (Å²) in [6.45, 7) is 13.7. The lowest BCUT2D eigenvalue weighted by Gasteiger charge is -2.35. The summed E-state index contributed by atoms with van der Waals surface area (Å²) >= 11 is 0. The van der Waals surface area contributed by atoms with Crippen molar-refractivity contribution in [3.8, 4) is 0 Å². The highest BCUT2D eigenvalue weighted by Gasteiger charge is 2.21. The largest absolute Gasteiger partial charge is 0.373 e. The van der Waals surface area contributed by atoms with E-state index in [-0.39, 0.29) is 0 Å². The highest BCUT2D eigenvalue weighted by Crippen LogP contribution is 2.11. The maximum Gasteiger partial charge on any atom is 0.0678 e. The van der Waals surface area contributed by atoms with Crippen LogP contribution in [0.3, 0.4) is 0 Å². The lowest BCUT2D eigenvalue weighted by Crippen LogP contribution is -2.46. The first-order chi connectivity index (χ1) is 9.56. The summed E-state index contributed by atoms with van der Waals surface area (Å²) in [5, 5.41) is 10.8. The van der Waals surface area contributed by atoms with E-state index in [4.69, 9.17) is 4.74 Å². The summed E-state index contributed by atoms with van der Waals surface area (Å²) in [4.78, 5) is 2.51. The second-order valence-electron chi connectivity index (χ2n) is 5.96. The second kappa shape index (κ2) is 7.20. The minimum atomic E-state index is 0.364. The Balaban J connectivity index is 1.62. The van der Waals surface area contributed by atoms with Crippen LogP contribution in [0.25, 0.3) is 0 Å². The van der Waals surface area contributed by atoms with Gasteiger partial charge in [-0.2, -0.15) is 5.10 Å². The number of morpholine rings is 1. The lowest BCUT2D eigenvalue weighted by molar-refractivity contribution is -0.0680. The minimum absolute atomic E-state index is 0.364. The van der Waals surface area contributed by atoms with Crippen molar-refractivity contribution >= 4 is 0 Å². The Hall–Kier alpha value is -0.910. The number of aromatic nitrogens is 2. The number of rotatable bonds is 6. The second-order valence-corrected chi connectivity index (χ2v) is 5.96. The van der Waals surface area contributed by atoms with Gasteiger partial charge in [-0.1, -0.05) is 0 Å². The molecule has 0 aromatic carbocycles. The van der Waals surface area contributed by atoms with Gasteiger partial charge in [-0.15, -0.1) is 0 Å². The molecular weight excluding hydrogens is 252 g/mol. The van der Waals surface area contributed by atoms with Gasteiger partial charge in [0.15, 0.2) is 0 Å². The molecule has 0 amide bonds. The Morgan fingerprint density at radius 3 is 2.60 bits per heavy atom. The normalized spacial score (nSPS) is 24.2. The van der Waals surface area contributed by atoms with E-state index >= 15 is 0 Å². The smallest absolute Gasteiger partial charge is 0.0678 e. The predicted octanol–water partition coefficient (Wildman–Crippen LogP) is 1.62. The van der Waals surface area contributed by atoms with Gasteiger partial charge in [-0.25, -0.2) is 0 Å². The molecule has 2 rings (SSSR count). The molecule has 1 aliphatic heterocycles. The molecule has 0 saturated carbocycles. The van der Waals surface area contributed by atoms with Crippen LogP contribution >= 0.6 is 0 Å². The third-order valence-corrected chi connectivity index (χ3v) is 3.91. The molecule has 0 spiro atoms. The highest BCUT2D eigenvalue weighted by atomic mass is 16.5. The van der Waals surface area contributed by atoms with E-state index in [0.717, 1.165) is 38.4 Å². The quantitative estimate of drug-likeness (QED) is 0.778. The predicted molar refractivity (Wildman–Crippen MR) is 80.8 cm³/mol. The van der Waals surface area contributed by atoms with Gasteiger partial charge in [0.25, 0.3) is 0 Å². The van der Waals surface area contributed by atoms with Crippen molar-refractivity contribution < 1.29 is 4.74 Å². The molecule has 0 aliphatic carbocycles. The van der Waals surface area contributed by atoms with Crippen molar-refractivity contribution in [3.63, 3.8) is 0 Å². The van der Waals surface area contributed by atoms with E-state index in [0.29, 0.717) is 12.2 Å². The molecule has 5 heteroatoms. The van der Waals surface area contributed by atoms with Gasteiger partial charge in [0.1, 0.15) is 0 Å². The fraction of sp³-hybridized carbons (Fsp3) is 0.800. The fourth-order valence-corrected chi connectivity index (χ4v) is 2.94. The Bertz CT molecular complexity index is 389. The molecule has 1 aromatic heterocycles. The Labute approximate surface area is 122 Å². The summed E-state index contributed by atoms with van der Waals surface area (Å²) in [7, 11) is 0. The van der Waals surface area contributed by atoms with Crippen LogP contribution in [-0.4, -0.2) is 53.5 Å². The SMILES string of the molecule is Cc1n[nH]c(C)c1CNCCCN1C[C@H](C)O[C@@H](C)C1. The van der Waals surface area contributed by atoms with E-state index in [1.165, 1.54) is 17.7 Å². The van der Waals surface area contributed by atoms with Gasteiger partial charge in [0.2, 0.25) is 0 Å². The summed E-state index contributed by atoms with van der Waals surface area (Å²) < 4.78 is 5.75. The summed E-state index contributed by atoms with van der Waals surface area (Å²) in [6.07, 6.45) is 1.90. The molecule has 2 heterocycles. The Morgan fingerprint density at radius 2 is 2.00 bits per heavy atom. The topological polar surface area (TPSA) is 53.2 Å². The average Bonchev–Trinajstić information content (AvgIpc) is 2.68. The zero-order chi connectivity index (χ0) is 14.5. The number of hydrogen-bond donors (Lipinski definition) is 2. The molecule has 1 saturated heterocycles. The van der Waals surface area contributed by atoms with E-state index in [1.54, 1.807) is 0 Å². The fourth-order valence-electron chi connectivity index (χ4n) is 2.94. The highest BCUT2D eigenvalue weighted by molar-refractivity contribution is 5.22. The zero-order valence-corrected chi connectivity index (χ0v) is 13.2. The number of hydrogen-bond acceptors (Lipinski definition) is 4. The van der Waals surface area contributed by atoms with Crippen LogP contribution in [0.15, 0.2) is 0 Å². The minimum Gasteiger partial charge on any atom is -0.373 e. The van der Waals surface area contributed by atoms with Crippen molar-refractivity contribution in [1.29, 1.82) is 0 Å². The van der Waals surface area contributed by atoms with E-state index in [2.05, 4.69) is 48.1 Å². The van der Waals surface area contributed by atoms with Gasteiger partial charge in [0.05, 0.1) is 17.9 Å². The number of nitrogens with one attached hydrogen (secondary N) is 2. The molecule has 0 bridgehead atoms.